The molecule has 0 spiro atoms. The first kappa shape index (κ1) is 20.5. The van der Waals surface area contributed by atoms with Crippen LogP contribution in [-0.2, 0) is 4.79 Å². The summed E-state index contributed by atoms with van der Waals surface area (Å²) in [5.74, 6) is 0.625. The molecular formula is C18H25N5O4. The number of carbonyl (C=O) groups is 1. The van der Waals surface area contributed by atoms with E-state index < -0.39 is 11.0 Å². The van der Waals surface area contributed by atoms with Gasteiger partial charge in [0.2, 0.25) is 17.6 Å². The Bertz CT molecular complexity index is 757. The molecule has 146 valence electrons. The van der Waals surface area contributed by atoms with E-state index in [1.807, 2.05) is 13.8 Å². The van der Waals surface area contributed by atoms with Crippen molar-refractivity contribution in [2.24, 2.45) is 11.7 Å². The summed E-state index contributed by atoms with van der Waals surface area (Å²) in [5, 5.41) is 17.6. The van der Waals surface area contributed by atoms with Gasteiger partial charge in [0.15, 0.2) is 0 Å². The summed E-state index contributed by atoms with van der Waals surface area (Å²) in [6.07, 6.45) is 3.03. The Labute approximate surface area is 157 Å². The third-order valence-corrected chi connectivity index (χ3v) is 4.14. The van der Waals surface area contributed by atoms with Crippen molar-refractivity contribution in [3.63, 3.8) is 0 Å². The van der Waals surface area contributed by atoms with Crippen LogP contribution >= 0.6 is 0 Å². The van der Waals surface area contributed by atoms with E-state index >= 15 is 0 Å². The zero-order chi connectivity index (χ0) is 19.8. The van der Waals surface area contributed by atoms with Crippen LogP contribution in [0.4, 0.5) is 5.69 Å². The van der Waals surface area contributed by atoms with Crippen molar-refractivity contribution in [3.8, 4) is 11.4 Å². The molecule has 0 fully saturated rings. The molecular weight excluding hydrogens is 350 g/mol. The number of nitro groups is 1. The summed E-state index contributed by atoms with van der Waals surface area (Å²) in [4.78, 5) is 26.8. The number of rotatable bonds is 10. The number of carbonyl (C=O) groups excluding carboxylic acids is 1. The van der Waals surface area contributed by atoms with Gasteiger partial charge in [-0.25, -0.2) is 0 Å². The second kappa shape index (κ2) is 9.77. The maximum atomic E-state index is 12.2. The Morgan fingerprint density at radius 2 is 1.96 bits per heavy atom. The lowest BCUT2D eigenvalue weighted by molar-refractivity contribution is -0.384. The van der Waals surface area contributed by atoms with Crippen LogP contribution in [-0.4, -0.2) is 27.5 Å². The molecule has 0 aliphatic carbocycles. The van der Waals surface area contributed by atoms with Gasteiger partial charge in [-0.1, -0.05) is 25.4 Å². The van der Waals surface area contributed by atoms with Crippen molar-refractivity contribution in [2.75, 3.05) is 6.54 Å². The summed E-state index contributed by atoms with van der Waals surface area (Å²) in [6, 6.07) is 5.50. The SMILES string of the molecule is CC(C)C(NC(=O)CCCCCN)c1nc(-c2ccc([N+](=O)[O-])cc2)no1. The van der Waals surface area contributed by atoms with Gasteiger partial charge in [-0.3, -0.25) is 14.9 Å². The fraction of sp³-hybridized carbons (Fsp3) is 0.500. The second-order valence-electron chi connectivity index (χ2n) is 6.65. The summed E-state index contributed by atoms with van der Waals surface area (Å²) in [6.45, 7) is 4.54. The maximum Gasteiger partial charge on any atom is 0.269 e. The average molecular weight is 375 g/mol. The van der Waals surface area contributed by atoms with Crippen molar-refractivity contribution in [1.82, 2.24) is 15.5 Å². The Morgan fingerprint density at radius 3 is 2.56 bits per heavy atom. The molecule has 1 unspecified atom stereocenters. The Morgan fingerprint density at radius 1 is 1.26 bits per heavy atom. The minimum absolute atomic E-state index is 0.00979. The Balaban J connectivity index is 2.06. The number of non-ortho nitro benzene ring substituents is 1. The quantitative estimate of drug-likeness (QED) is 0.370. The van der Waals surface area contributed by atoms with Crippen molar-refractivity contribution < 1.29 is 14.2 Å². The highest BCUT2D eigenvalue weighted by molar-refractivity contribution is 5.76. The van der Waals surface area contributed by atoms with Crippen LogP contribution in [0, 0.1) is 16.0 Å². The van der Waals surface area contributed by atoms with Crippen LogP contribution in [0.25, 0.3) is 11.4 Å². The van der Waals surface area contributed by atoms with E-state index in [2.05, 4.69) is 15.5 Å². The summed E-state index contributed by atoms with van der Waals surface area (Å²) in [5.41, 5.74) is 6.05. The first-order chi connectivity index (χ1) is 12.9. The van der Waals surface area contributed by atoms with Crippen LogP contribution < -0.4 is 11.1 Å². The summed E-state index contributed by atoms with van der Waals surface area (Å²) >= 11 is 0. The van der Waals surface area contributed by atoms with E-state index in [1.165, 1.54) is 12.1 Å². The number of hydrogen-bond acceptors (Lipinski definition) is 7. The first-order valence-electron chi connectivity index (χ1n) is 9.00. The molecule has 1 heterocycles. The number of nitrogens with one attached hydrogen (secondary N) is 1. The van der Waals surface area contributed by atoms with E-state index in [4.69, 9.17) is 10.3 Å². The Kier molecular flexibility index (Phi) is 7.42. The predicted octanol–water partition coefficient (Wildman–Crippen LogP) is 2.98. The molecule has 0 saturated carbocycles. The number of hydrogen-bond donors (Lipinski definition) is 2. The molecule has 0 saturated heterocycles. The Hall–Kier alpha value is -2.81. The van der Waals surface area contributed by atoms with Gasteiger partial charge in [0.1, 0.15) is 6.04 Å². The number of aromatic nitrogens is 2. The van der Waals surface area contributed by atoms with Gasteiger partial charge in [0.25, 0.3) is 5.69 Å². The molecule has 0 aliphatic rings. The molecule has 0 aliphatic heterocycles. The van der Waals surface area contributed by atoms with E-state index in [1.54, 1.807) is 12.1 Å². The lowest BCUT2D eigenvalue weighted by Gasteiger charge is -2.18. The second-order valence-corrected chi connectivity index (χ2v) is 6.65. The third-order valence-electron chi connectivity index (χ3n) is 4.14. The van der Waals surface area contributed by atoms with Gasteiger partial charge in [-0.05, 0) is 37.4 Å². The van der Waals surface area contributed by atoms with Gasteiger partial charge in [0, 0.05) is 24.1 Å². The van der Waals surface area contributed by atoms with Crippen LogP contribution in [0.5, 0.6) is 0 Å². The molecule has 9 heteroatoms. The molecule has 1 amide bonds. The minimum atomic E-state index is -0.469. The van der Waals surface area contributed by atoms with Gasteiger partial charge in [0.05, 0.1) is 4.92 Å². The van der Waals surface area contributed by atoms with Crippen LogP contribution in [0.1, 0.15) is 51.5 Å². The van der Waals surface area contributed by atoms with Gasteiger partial charge < -0.3 is 15.6 Å². The molecule has 1 aromatic carbocycles. The number of nitro benzene ring substituents is 1. The van der Waals surface area contributed by atoms with Crippen molar-refractivity contribution in [3.05, 3.63) is 40.3 Å². The first-order valence-corrected chi connectivity index (χ1v) is 9.00. The fourth-order valence-electron chi connectivity index (χ4n) is 2.58. The lowest BCUT2D eigenvalue weighted by Crippen LogP contribution is -2.31. The maximum absolute atomic E-state index is 12.2. The molecule has 9 nitrogen and oxygen atoms in total. The zero-order valence-corrected chi connectivity index (χ0v) is 15.6. The van der Waals surface area contributed by atoms with Crippen LogP contribution in [0.2, 0.25) is 0 Å². The number of amides is 1. The molecule has 3 N–H and O–H groups in total. The molecule has 0 bridgehead atoms. The number of nitrogens with two attached hydrogens (primary N) is 1. The fourth-order valence-corrected chi connectivity index (χ4v) is 2.58. The molecule has 27 heavy (non-hydrogen) atoms. The third kappa shape index (κ3) is 5.85. The van der Waals surface area contributed by atoms with Crippen molar-refractivity contribution in [1.29, 1.82) is 0 Å². The van der Waals surface area contributed by atoms with Crippen LogP contribution in [0.3, 0.4) is 0 Å². The molecule has 2 rings (SSSR count). The van der Waals surface area contributed by atoms with Crippen molar-refractivity contribution in [2.45, 2.75) is 45.6 Å². The average Bonchev–Trinajstić information content (AvgIpc) is 3.13. The van der Waals surface area contributed by atoms with Gasteiger partial charge in [-0.2, -0.15) is 4.98 Å². The monoisotopic (exact) mass is 375 g/mol. The summed E-state index contributed by atoms with van der Waals surface area (Å²) < 4.78 is 5.34. The normalized spacial score (nSPS) is 12.1. The van der Waals surface area contributed by atoms with E-state index in [0.717, 1.165) is 19.3 Å². The molecule has 1 aromatic heterocycles. The highest BCUT2D eigenvalue weighted by Crippen LogP contribution is 2.25. The molecule has 2 aromatic rings. The smallest absolute Gasteiger partial charge is 0.269 e. The predicted molar refractivity (Wildman–Crippen MR) is 99.6 cm³/mol. The number of benzene rings is 1. The van der Waals surface area contributed by atoms with Crippen molar-refractivity contribution >= 4 is 11.6 Å². The largest absolute Gasteiger partial charge is 0.344 e. The zero-order valence-electron chi connectivity index (χ0n) is 15.6. The van der Waals surface area contributed by atoms with Crippen LogP contribution in [0.15, 0.2) is 28.8 Å². The standard InChI is InChI=1S/C18H25N5O4/c1-12(2)16(20-15(24)6-4-3-5-11-19)18-21-17(22-27-18)13-7-9-14(10-8-13)23(25)26/h7-10,12,16H,3-6,11,19H2,1-2H3,(H,20,24). The van der Waals surface area contributed by atoms with Gasteiger partial charge >= 0.3 is 0 Å². The van der Waals surface area contributed by atoms with E-state index in [-0.39, 0.29) is 17.5 Å². The summed E-state index contributed by atoms with van der Waals surface area (Å²) in [7, 11) is 0. The van der Waals surface area contributed by atoms with E-state index in [0.29, 0.717) is 30.2 Å². The molecule has 1 atom stereocenters. The topological polar surface area (TPSA) is 137 Å². The highest BCUT2D eigenvalue weighted by Gasteiger charge is 2.24. The molecule has 0 radical (unpaired) electrons. The number of unbranched alkanes of at least 4 members (excludes halogenated alkanes) is 2. The number of nitrogens with zero attached hydrogens (tertiary/aromatic N) is 3. The minimum Gasteiger partial charge on any atom is -0.344 e. The highest BCUT2D eigenvalue weighted by atomic mass is 16.6. The van der Waals surface area contributed by atoms with Gasteiger partial charge in [-0.15, -0.1) is 0 Å². The van der Waals surface area contributed by atoms with E-state index in [9.17, 15) is 14.9 Å². The lowest BCUT2D eigenvalue weighted by atomic mass is 10.0.